The van der Waals surface area contributed by atoms with E-state index in [0.29, 0.717) is 18.7 Å². The summed E-state index contributed by atoms with van der Waals surface area (Å²) >= 11 is 3.54. The monoisotopic (exact) mass is 443 g/mol. The first-order valence-corrected chi connectivity index (χ1v) is 9.96. The van der Waals surface area contributed by atoms with E-state index in [2.05, 4.69) is 26.3 Å². The Balaban J connectivity index is 1.58. The van der Waals surface area contributed by atoms with E-state index in [9.17, 15) is 9.18 Å². The third kappa shape index (κ3) is 4.68. The summed E-state index contributed by atoms with van der Waals surface area (Å²) in [4.78, 5) is 12.4. The first-order valence-electron chi connectivity index (χ1n) is 9.17. The van der Waals surface area contributed by atoms with Gasteiger partial charge >= 0.3 is 0 Å². The van der Waals surface area contributed by atoms with E-state index in [-0.39, 0.29) is 17.6 Å². The number of rotatable bonds is 6. The van der Waals surface area contributed by atoms with E-state index in [1.807, 2.05) is 49.7 Å². The second-order valence-corrected chi connectivity index (χ2v) is 7.79. The van der Waals surface area contributed by atoms with E-state index in [4.69, 9.17) is 0 Å². The predicted molar refractivity (Wildman–Crippen MR) is 112 cm³/mol. The van der Waals surface area contributed by atoms with Crippen LogP contribution >= 0.6 is 15.9 Å². The molecule has 0 saturated carbocycles. The summed E-state index contributed by atoms with van der Waals surface area (Å²) in [5, 5.41) is 7.46. The van der Waals surface area contributed by atoms with Gasteiger partial charge in [-0.05, 0) is 71.1 Å². The van der Waals surface area contributed by atoms with Gasteiger partial charge in [0, 0.05) is 12.1 Å². The van der Waals surface area contributed by atoms with Crippen LogP contribution in [-0.4, -0.2) is 22.2 Å². The normalized spacial score (nSPS) is 12.0. The Kier molecular flexibility index (Phi) is 6.29. The lowest BCUT2D eigenvalue weighted by atomic mass is 10.0. The number of aromatic nitrogens is 2. The molecule has 0 spiro atoms. The second kappa shape index (κ2) is 8.69. The molecule has 1 N–H and O–H groups in total. The van der Waals surface area contributed by atoms with Crippen LogP contribution in [0.15, 0.2) is 53.0 Å². The molecule has 6 heteroatoms. The number of benzene rings is 2. The summed E-state index contributed by atoms with van der Waals surface area (Å²) in [5.41, 5.74) is 4.73. The van der Waals surface area contributed by atoms with Gasteiger partial charge < -0.3 is 5.32 Å². The average molecular weight is 444 g/mol. The molecule has 2 aromatic carbocycles. The number of nitrogens with one attached hydrogen (secondary N) is 1. The summed E-state index contributed by atoms with van der Waals surface area (Å²) in [6, 6.07) is 13.9. The van der Waals surface area contributed by atoms with Crippen LogP contribution in [0.5, 0.6) is 0 Å². The number of halogens is 2. The molecule has 4 nitrogen and oxygen atoms in total. The van der Waals surface area contributed by atoms with E-state index >= 15 is 0 Å². The van der Waals surface area contributed by atoms with Crippen molar-refractivity contribution in [1.82, 2.24) is 15.1 Å². The van der Waals surface area contributed by atoms with Crippen molar-refractivity contribution in [2.24, 2.45) is 0 Å². The molecule has 1 atom stereocenters. The molecule has 3 aromatic rings. The van der Waals surface area contributed by atoms with Crippen molar-refractivity contribution in [1.29, 1.82) is 0 Å². The zero-order valence-electron chi connectivity index (χ0n) is 16.2. The van der Waals surface area contributed by atoms with Gasteiger partial charge in [0.1, 0.15) is 5.82 Å². The second-order valence-electron chi connectivity index (χ2n) is 7.00. The zero-order chi connectivity index (χ0) is 20.3. The highest BCUT2D eigenvalue weighted by atomic mass is 79.9. The van der Waals surface area contributed by atoms with E-state index < -0.39 is 0 Å². The number of carbonyl (C=O) groups excluding carboxylic acids is 1. The van der Waals surface area contributed by atoms with Gasteiger partial charge in [0.2, 0.25) is 0 Å². The minimum absolute atomic E-state index is 0.105. The van der Waals surface area contributed by atoms with Crippen molar-refractivity contribution >= 4 is 21.8 Å². The summed E-state index contributed by atoms with van der Waals surface area (Å²) in [6.07, 6.45) is 0. The Morgan fingerprint density at radius 1 is 1.14 bits per heavy atom. The minimum Gasteiger partial charge on any atom is -0.351 e. The molecule has 28 heavy (non-hydrogen) atoms. The molecule has 1 unspecified atom stereocenters. The zero-order valence-corrected chi connectivity index (χ0v) is 17.8. The lowest BCUT2D eigenvalue weighted by Crippen LogP contribution is -2.27. The van der Waals surface area contributed by atoms with Crippen LogP contribution in [0, 0.1) is 19.7 Å². The van der Waals surface area contributed by atoms with Crippen molar-refractivity contribution < 1.29 is 9.18 Å². The molecular weight excluding hydrogens is 421 g/mol. The fourth-order valence-corrected chi connectivity index (χ4v) is 3.30. The summed E-state index contributed by atoms with van der Waals surface area (Å²) in [5.74, 6) is -0.268. The van der Waals surface area contributed by atoms with Crippen LogP contribution in [0.4, 0.5) is 4.39 Å². The number of nitrogens with zero attached hydrogens (tertiary/aromatic N) is 2. The molecule has 1 aromatic heterocycles. The van der Waals surface area contributed by atoms with Gasteiger partial charge in [0.15, 0.2) is 0 Å². The highest BCUT2D eigenvalue weighted by molar-refractivity contribution is 9.10. The Morgan fingerprint density at radius 3 is 2.36 bits per heavy atom. The molecule has 0 fully saturated rings. The van der Waals surface area contributed by atoms with Gasteiger partial charge in [-0.15, -0.1) is 0 Å². The predicted octanol–water partition coefficient (Wildman–Crippen LogP) is 4.98. The summed E-state index contributed by atoms with van der Waals surface area (Å²) in [7, 11) is 0. The minimum atomic E-state index is -0.257. The Hall–Kier alpha value is -2.47. The highest BCUT2D eigenvalue weighted by Gasteiger charge is 2.11. The molecule has 1 amide bonds. The maximum atomic E-state index is 13.0. The lowest BCUT2D eigenvalue weighted by Gasteiger charge is -2.13. The SMILES string of the molecule is Cc1nn(Cc2ccc(C(=O)NCC(C)c3ccc(F)cc3)cc2)c(C)c1Br. The van der Waals surface area contributed by atoms with Crippen LogP contribution in [-0.2, 0) is 6.54 Å². The molecular formula is C22H23BrFN3O. The first-order chi connectivity index (χ1) is 13.3. The lowest BCUT2D eigenvalue weighted by molar-refractivity contribution is 0.0951. The van der Waals surface area contributed by atoms with E-state index in [1.54, 1.807) is 12.1 Å². The molecule has 146 valence electrons. The van der Waals surface area contributed by atoms with E-state index in [1.165, 1.54) is 12.1 Å². The molecule has 0 aliphatic heterocycles. The van der Waals surface area contributed by atoms with Crippen LogP contribution < -0.4 is 5.32 Å². The Bertz CT molecular complexity index is 965. The van der Waals surface area contributed by atoms with Crippen molar-refractivity contribution in [3.63, 3.8) is 0 Å². The molecule has 0 aliphatic carbocycles. The van der Waals surface area contributed by atoms with Crippen molar-refractivity contribution in [3.8, 4) is 0 Å². The standard InChI is InChI=1S/C22H23BrFN3O/c1-14(18-8-10-20(24)11-9-18)12-25-22(28)19-6-4-17(5-7-19)13-27-16(3)21(23)15(2)26-27/h4-11,14H,12-13H2,1-3H3,(H,25,28). The van der Waals surface area contributed by atoms with Crippen molar-refractivity contribution in [3.05, 3.63) is 86.9 Å². The number of carbonyl (C=O) groups is 1. The molecule has 0 aliphatic rings. The largest absolute Gasteiger partial charge is 0.351 e. The molecule has 0 radical (unpaired) electrons. The number of hydrogen-bond acceptors (Lipinski definition) is 2. The Morgan fingerprint density at radius 2 is 1.79 bits per heavy atom. The topological polar surface area (TPSA) is 46.9 Å². The van der Waals surface area contributed by atoms with Crippen LogP contribution in [0.2, 0.25) is 0 Å². The Labute approximate surface area is 172 Å². The van der Waals surface area contributed by atoms with Gasteiger partial charge in [-0.1, -0.05) is 31.2 Å². The van der Waals surface area contributed by atoms with Gasteiger partial charge in [-0.2, -0.15) is 5.10 Å². The van der Waals surface area contributed by atoms with Crippen molar-refractivity contribution in [2.45, 2.75) is 33.2 Å². The molecule has 1 heterocycles. The third-order valence-electron chi connectivity index (χ3n) is 4.85. The molecule has 0 saturated heterocycles. The van der Waals surface area contributed by atoms with Crippen LogP contribution in [0.3, 0.4) is 0 Å². The maximum absolute atomic E-state index is 13.0. The number of hydrogen-bond donors (Lipinski definition) is 1. The van der Waals surface area contributed by atoms with Crippen LogP contribution in [0.1, 0.15) is 45.7 Å². The smallest absolute Gasteiger partial charge is 0.251 e. The fraction of sp³-hybridized carbons (Fsp3) is 0.273. The number of aryl methyl sites for hydroxylation is 1. The average Bonchev–Trinajstić information content (AvgIpc) is 2.93. The maximum Gasteiger partial charge on any atom is 0.251 e. The molecule has 0 bridgehead atoms. The van der Waals surface area contributed by atoms with Crippen molar-refractivity contribution in [2.75, 3.05) is 6.54 Å². The summed E-state index contributed by atoms with van der Waals surface area (Å²) < 4.78 is 16.0. The highest BCUT2D eigenvalue weighted by Crippen LogP contribution is 2.21. The van der Waals surface area contributed by atoms with Gasteiger partial charge in [-0.3, -0.25) is 9.48 Å². The quantitative estimate of drug-likeness (QED) is 0.583. The first kappa shape index (κ1) is 20.3. The fourth-order valence-electron chi connectivity index (χ4n) is 3.02. The number of amides is 1. The van der Waals surface area contributed by atoms with Gasteiger partial charge in [-0.25, -0.2) is 4.39 Å². The summed E-state index contributed by atoms with van der Waals surface area (Å²) in [6.45, 7) is 7.14. The van der Waals surface area contributed by atoms with E-state index in [0.717, 1.165) is 27.0 Å². The molecule has 3 rings (SSSR count). The third-order valence-corrected chi connectivity index (χ3v) is 6.00. The van der Waals surface area contributed by atoms with Crippen LogP contribution in [0.25, 0.3) is 0 Å². The van der Waals surface area contributed by atoms with Gasteiger partial charge in [0.05, 0.1) is 22.4 Å². The van der Waals surface area contributed by atoms with Gasteiger partial charge in [0.25, 0.3) is 5.91 Å².